The Morgan fingerprint density at radius 1 is 1.16 bits per heavy atom. The second-order valence-corrected chi connectivity index (χ2v) is 6.38. The molecule has 3 fully saturated rings. The van der Waals surface area contributed by atoms with E-state index >= 15 is 0 Å². The quantitative estimate of drug-likeness (QED) is 0.839. The molecule has 2 saturated carbocycles. The van der Waals surface area contributed by atoms with Crippen molar-refractivity contribution in [3.63, 3.8) is 0 Å². The lowest BCUT2D eigenvalue weighted by Crippen LogP contribution is -2.59. The molecule has 4 nitrogen and oxygen atoms in total. The van der Waals surface area contributed by atoms with Crippen molar-refractivity contribution in [3.05, 3.63) is 0 Å². The van der Waals surface area contributed by atoms with Gasteiger partial charge in [0, 0.05) is 31.1 Å². The molecule has 3 rings (SSSR count). The summed E-state index contributed by atoms with van der Waals surface area (Å²) in [5.74, 6) is 0.614. The highest BCUT2D eigenvalue weighted by Crippen LogP contribution is 2.34. The molecule has 0 unspecified atom stereocenters. The minimum absolute atomic E-state index is 0.215. The van der Waals surface area contributed by atoms with Crippen LogP contribution in [0.5, 0.6) is 0 Å². The molecule has 4 heteroatoms. The summed E-state index contributed by atoms with van der Waals surface area (Å²) >= 11 is 0. The van der Waals surface area contributed by atoms with E-state index in [2.05, 4.69) is 10.2 Å². The molecule has 0 bridgehead atoms. The Balaban J connectivity index is 1.62. The van der Waals surface area contributed by atoms with E-state index < -0.39 is 0 Å². The molecule has 3 aliphatic rings. The Hall–Kier alpha value is -0.610. The Labute approximate surface area is 115 Å². The third-order valence-electron chi connectivity index (χ3n) is 5.01. The first-order valence-electron chi connectivity index (χ1n) is 7.91. The van der Waals surface area contributed by atoms with Gasteiger partial charge in [0.2, 0.25) is 5.91 Å². The fourth-order valence-corrected chi connectivity index (χ4v) is 3.59. The Kier molecular flexibility index (Phi) is 4.08. The molecule has 0 radical (unpaired) electrons. The summed E-state index contributed by atoms with van der Waals surface area (Å²) in [4.78, 5) is 14.5. The van der Waals surface area contributed by atoms with Gasteiger partial charge in [0.15, 0.2) is 0 Å². The smallest absolute Gasteiger partial charge is 0.223 e. The van der Waals surface area contributed by atoms with E-state index in [4.69, 9.17) is 4.74 Å². The van der Waals surface area contributed by atoms with Crippen molar-refractivity contribution >= 4 is 5.91 Å². The zero-order chi connectivity index (χ0) is 13.1. The minimum atomic E-state index is 0.215. The number of amides is 1. The minimum Gasteiger partial charge on any atom is -0.379 e. The molecular formula is C15H26N2O2. The number of nitrogens with zero attached hydrogens (tertiary/aromatic N) is 1. The second-order valence-electron chi connectivity index (χ2n) is 6.38. The van der Waals surface area contributed by atoms with Crippen molar-refractivity contribution in [2.75, 3.05) is 32.8 Å². The maximum atomic E-state index is 11.9. The highest BCUT2D eigenvalue weighted by atomic mass is 16.5. The largest absolute Gasteiger partial charge is 0.379 e. The van der Waals surface area contributed by atoms with Crippen LogP contribution in [-0.4, -0.2) is 49.2 Å². The van der Waals surface area contributed by atoms with Crippen LogP contribution in [0.1, 0.15) is 44.9 Å². The van der Waals surface area contributed by atoms with Crippen LogP contribution in [0.15, 0.2) is 0 Å². The zero-order valence-electron chi connectivity index (χ0n) is 11.8. The van der Waals surface area contributed by atoms with E-state index in [0.29, 0.717) is 11.8 Å². The van der Waals surface area contributed by atoms with E-state index in [1.54, 1.807) is 0 Å². The van der Waals surface area contributed by atoms with Crippen LogP contribution in [0.2, 0.25) is 0 Å². The Bertz CT molecular complexity index is 316. The standard InChI is InChI=1S/C15H26N2O2/c18-14(13-4-5-13)16-12-15(6-2-1-3-7-15)17-8-10-19-11-9-17/h13H,1-12H2,(H,16,18). The number of carbonyl (C=O) groups excluding carboxylic acids is 1. The van der Waals surface area contributed by atoms with Crippen LogP contribution in [0.4, 0.5) is 0 Å². The molecule has 1 amide bonds. The van der Waals surface area contributed by atoms with Crippen LogP contribution < -0.4 is 5.32 Å². The number of ether oxygens (including phenoxy) is 1. The zero-order valence-corrected chi connectivity index (χ0v) is 11.8. The van der Waals surface area contributed by atoms with Crippen molar-refractivity contribution in [1.82, 2.24) is 10.2 Å². The summed E-state index contributed by atoms with van der Waals surface area (Å²) in [7, 11) is 0. The molecule has 19 heavy (non-hydrogen) atoms. The van der Waals surface area contributed by atoms with Gasteiger partial charge in [-0.05, 0) is 25.7 Å². The first kappa shape index (κ1) is 13.4. The fourth-order valence-electron chi connectivity index (χ4n) is 3.59. The average Bonchev–Trinajstić information content (AvgIpc) is 3.31. The Morgan fingerprint density at radius 2 is 1.84 bits per heavy atom. The molecular weight excluding hydrogens is 240 g/mol. The van der Waals surface area contributed by atoms with Gasteiger partial charge >= 0.3 is 0 Å². The predicted octanol–water partition coefficient (Wildman–Crippen LogP) is 1.55. The van der Waals surface area contributed by atoms with E-state index in [9.17, 15) is 4.79 Å². The molecule has 0 atom stereocenters. The highest BCUT2D eigenvalue weighted by molar-refractivity contribution is 5.80. The lowest BCUT2D eigenvalue weighted by Gasteiger charge is -2.48. The number of morpholine rings is 1. The molecule has 0 spiro atoms. The summed E-state index contributed by atoms with van der Waals surface area (Å²) in [5, 5.41) is 3.23. The van der Waals surface area contributed by atoms with E-state index in [0.717, 1.165) is 45.7 Å². The number of hydrogen-bond acceptors (Lipinski definition) is 3. The molecule has 1 saturated heterocycles. The van der Waals surface area contributed by atoms with Gasteiger partial charge in [-0.1, -0.05) is 19.3 Å². The summed E-state index contributed by atoms with van der Waals surface area (Å²) in [6.45, 7) is 4.59. The van der Waals surface area contributed by atoms with Crippen molar-refractivity contribution in [3.8, 4) is 0 Å². The van der Waals surface area contributed by atoms with Gasteiger partial charge in [-0.15, -0.1) is 0 Å². The van der Waals surface area contributed by atoms with Crippen LogP contribution in [-0.2, 0) is 9.53 Å². The van der Waals surface area contributed by atoms with Crippen molar-refractivity contribution in [2.45, 2.75) is 50.5 Å². The predicted molar refractivity (Wildman–Crippen MR) is 73.9 cm³/mol. The SMILES string of the molecule is O=C(NCC1(N2CCOCC2)CCCCC1)C1CC1. The maximum Gasteiger partial charge on any atom is 0.223 e. The first-order valence-corrected chi connectivity index (χ1v) is 7.91. The summed E-state index contributed by atoms with van der Waals surface area (Å²) in [6.07, 6.45) is 8.61. The monoisotopic (exact) mass is 266 g/mol. The number of rotatable bonds is 4. The second kappa shape index (κ2) is 5.80. The summed E-state index contributed by atoms with van der Waals surface area (Å²) < 4.78 is 5.48. The van der Waals surface area contributed by atoms with Crippen molar-refractivity contribution in [1.29, 1.82) is 0 Å². The van der Waals surface area contributed by atoms with Gasteiger partial charge in [0.1, 0.15) is 0 Å². The van der Waals surface area contributed by atoms with Gasteiger partial charge in [0.05, 0.1) is 13.2 Å². The van der Waals surface area contributed by atoms with Gasteiger partial charge in [0.25, 0.3) is 0 Å². The van der Waals surface area contributed by atoms with E-state index in [-0.39, 0.29) is 5.54 Å². The van der Waals surface area contributed by atoms with Crippen molar-refractivity contribution < 1.29 is 9.53 Å². The molecule has 1 aliphatic heterocycles. The van der Waals surface area contributed by atoms with Gasteiger partial charge in [-0.25, -0.2) is 0 Å². The fraction of sp³-hybridized carbons (Fsp3) is 0.933. The molecule has 108 valence electrons. The lowest BCUT2D eigenvalue weighted by atomic mass is 9.79. The van der Waals surface area contributed by atoms with Crippen molar-refractivity contribution in [2.24, 2.45) is 5.92 Å². The van der Waals surface area contributed by atoms with E-state index in [1.807, 2.05) is 0 Å². The third-order valence-corrected chi connectivity index (χ3v) is 5.01. The molecule has 1 heterocycles. The topological polar surface area (TPSA) is 41.6 Å². The highest BCUT2D eigenvalue weighted by Gasteiger charge is 2.40. The van der Waals surface area contributed by atoms with Crippen LogP contribution in [0.3, 0.4) is 0 Å². The maximum absolute atomic E-state index is 11.9. The van der Waals surface area contributed by atoms with Crippen LogP contribution in [0, 0.1) is 5.92 Å². The van der Waals surface area contributed by atoms with Gasteiger partial charge in [-0.3, -0.25) is 9.69 Å². The molecule has 1 N–H and O–H groups in total. The van der Waals surface area contributed by atoms with E-state index in [1.165, 1.54) is 32.1 Å². The molecule has 0 aromatic rings. The number of nitrogens with one attached hydrogen (secondary N) is 1. The molecule has 0 aromatic heterocycles. The average molecular weight is 266 g/mol. The first-order chi connectivity index (χ1) is 9.30. The summed E-state index contributed by atoms with van der Waals surface area (Å²) in [5.41, 5.74) is 0.215. The van der Waals surface area contributed by atoms with Gasteiger partial charge in [-0.2, -0.15) is 0 Å². The number of carbonyl (C=O) groups is 1. The number of hydrogen-bond donors (Lipinski definition) is 1. The molecule has 2 aliphatic carbocycles. The van der Waals surface area contributed by atoms with Crippen LogP contribution in [0.25, 0.3) is 0 Å². The molecule has 0 aromatic carbocycles. The third kappa shape index (κ3) is 3.11. The normalized spacial score (nSPS) is 28.0. The van der Waals surface area contributed by atoms with Crippen LogP contribution >= 0.6 is 0 Å². The Morgan fingerprint density at radius 3 is 2.47 bits per heavy atom. The lowest BCUT2D eigenvalue weighted by molar-refractivity contribution is -0.123. The summed E-state index contributed by atoms with van der Waals surface area (Å²) in [6, 6.07) is 0. The van der Waals surface area contributed by atoms with Gasteiger partial charge < -0.3 is 10.1 Å².